The summed E-state index contributed by atoms with van der Waals surface area (Å²) in [6, 6.07) is 11.9. The number of methoxy groups -OCH3 is 1. The fraction of sp³-hybridized carbons (Fsp3) is 0.500. The molecule has 2 aromatic carbocycles. The molecule has 10 heteroatoms. The monoisotopic (exact) mass is 546 g/mol. The van der Waals surface area contributed by atoms with Crippen LogP contribution in [-0.4, -0.2) is 69.3 Å². The van der Waals surface area contributed by atoms with Crippen LogP contribution in [-0.2, 0) is 26.3 Å². The number of aryl methyl sites for hydroxylation is 2. The van der Waals surface area contributed by atoms with Gasteiger partial charge in [-0.25, -0.2) is 4.31 Å². The van der Waals surface area contributed by atoms with Gasteiger partial charge in [0, 0.05) is 26.7 Å². The van der Waals surface area contributed by atoms with E-state index in [1.807, 2.05) is 52.0 Å². The lowest BCUT2D eigenvalue weighted by Crippen LogP contribution is -2.54. The van der Waals surface area contributed by atoms with E-state index in [9.17, 15) is 18.0 Å². The van der Waals surface area contributed by atoms with Gasteiger partial charge in [0.25, 0.3) is 0 Å². The maximum Gasteiger partial charge on any atom is 0.304 e. The molecule has 2 atom stereocenters. The normalized spacial score (nSPS) is 13.1. The highest BCUT2D eigenvalue weighted by molar-refractivity contribution is 7.90. The average Bonchev–Trinajstić information content (AvgIpc) is 2.88. The van der Waals surface area contributed by atoms with Crippen LogP contribution in [0.15, 0.2) is 42.5 Å². The van der Waals surface area contributed by atoms with Gasteiger partial charge in [0.2, 0.25) is 11.8 Å². The zero-order chi connectivity index (χ0) is 28.6. The molecule has 0 saturated carbocycles. The summed E-state index contributed by atoms with van der Waals surface area (Å²) in [5.74, 6) is -0.128. The van der Waals surface area contributed by atoms with E-state index < -0.39 is 28.7 Å². The molecular formula is C28H42N4O5S. The van der Waals surface area contributed by atoms with Crippen LogP contribution in [0.5, 0.6) is 5.75 Å². The first-order valence-corrected chi connectivity index (χ1v) is 14.3. The van der Waals surface area contributed by atoms with E-state index in [0.717, 1.165) is 31.7 Å². The molecule has 0 fully saturated rings. The minimum Gasteiger partial charge on any atom is -0.497 e. The summed E-state index contributed by atoms with van der Waals surface area (Å²) < 4.78 is 34.4. The minimum atomic E-state index is -4.02. The van der Waals surface area contributed by atoms with Crippen LogP contribution in [0.1, 0.15) is 50.3 Å². The highest BCUT2D eigenvalue weighted by atomic mass is 32.2. The van der Waals surface area contributed by atoms with E-state index in [1.54, 1.807) is 32.2 Å². The Morgan fingerprint density at radius 3 is 2.29 bits per heavy atom. The maximum atomic E-state index is 14.0. The van der Waals surface area contributed by atoms with E-state index in [1.165, 1.54) is 19.0 Å². The van der Waals surface area contributed by atoms with Crippen molar-refractivity contribution in [3.63, 3.8) is 0 Å². The summed E-state index contributed by atoms with van der Waals surface area (Å²) in [4.78, 5) is 28.8. The first-order valence-electron chi connectivity index (χ1n) is 12.9. The van der Waals surface area contributed by atoms with Crippen LogP contribution in [0.25, 0.3) is 0 Å². The molecule has 2 rings (SSSR count). The number of rotatable bonds is 13. The smallest absolute Gasteiger partial charge is 0.304 e. The lowest BCUT2D eigenvalue weighted by molar-refractivity contribution is -0.140. The Labute approximate surface area is 227 Å². The molecule has 0 spiro atoms. The summed E-state index contributed by atoms with van der Waals surface area (Å²) in [5.41, 5.74) is 2.77. The topological polar surface area (TPSA) is 99.3 Å². The second kappa shape index (κ2) is 13.6. The van der Waals surface area contributed by atoms with Gasteiger partial charge in [-0.15, -0.1) is 0 Å². The van der Waals surface area contributed by atoms with Crippen molar-refractivity contribution in [1.29, 1.82) is 0 Å². The Morgan fingerprint density at radius 2 is 1.71 bits per heavy atom. The molecule has 9 nitrogen and oxygen atoms in total. The van der Waals surface area contributed by atoms with Crippen molar-refractivity contribution >= 4 is 27.7 Å². The second-order valence-corrected chi connectivity index (χ2v) is 11.8. The predicted molar refractivity (Wildman–Crippen MR) is 151 cm³/mol. The molecule has 38 heavy (non-hydrogen) atoms. The number of hydrogen-bond acceptors (Lipinski definition) is 5. The molecule has 0 aliphatic heterocycles. The minimum absolute atomic E-state index is 0.0640. The van der Waals surface area contributed by atoms with Crippen LogP contribution >= 0.6 is 0 Å². The van der Waals surface area contributed by atoms with Crippen molar-refractivity contribution in [3.05, 3.63) is 59.2 Å². The van der Waals surface area contributed by atoms with Crippen LogP contribution < -0.4 is 14.4 Å². The van der Waals surface area contributed by atoms with Crippen LogP contribution in [0, 0.1) is 13.8 Å². The maximum absolute atomic E-state index is 14.0. The number of ether oxygens (including phenoxy) is 1. The summed E-state index contributed by atoms with van der Waals surface area (Å²) in [5, 5.41) is 2.98. The fourth-order valence-corrected chi connectivity index (χ4v) is 5.13. The molecule has 0 aromatic heterocycles. The third-order valence-corrected chi connectivity index (χ3v) is 8.33. The Hall–Kier alpha value is -3.11. The Morgan fingerprint density at radius 1 is 1.03 bits per heavy atom. The lowest BCUT2D eigenvalue weighted by Gasteiger charge is -2.34. The highest BCUT2D eigenvalue weighted by Gasteiger charge is 2.34. The standard InChI is InChI=1S/C28H42N4O5S/c1-9-22(5)29-28(34)25(10-2)31(18-23-12-11-13-24(17-23)37-8)27(33)19-32(38(35,36)30(6)7)26-16-20(3)14-15-21(26)4/h11-17,22,25H,9-10,18-19H2,1-8H3,(H,29,34). The quantitative estimate of drug-likeness (QED) is 0.414. The van der Waals surface area contributed by atoms with E-state index in [4.69, 9.17) is 4.74 Å². The van der Waals surface area contributed by atoms with Gasteiger partial charge in [-0.05, 0) is 68.5 Å². The van der Waals surface area contributed by atoms with Crippen molar-refractivity contribution in [1.82, 2.24) is 14.5 Å². The van der Waals surface area contributed by atoms with E-state index in [0.29, 0.717) is 17.9 Å². The number of carbonyl (C=O) groups excluding carboxylic acids is 2. The van der Waals surface area contributed by atoms with Crippen molar-refractivity contribution in [3.8, 4) is 5.75 Å². The van der Waals surface area contributed by atoms with Gasteiger partial charge in [0.05, 0.1) is 12.8 Å². The summed E-state index contributed by atoms with van der Waals surface area (Å²) in [6.07, 6.45) is 1.11. The molecule has 0 heterocycles. The molecule has 2 amide bonds. The third-order valence-electron chi connectivity index (χ3n) is 6.53. The van der Waals surface area contributed by atoms with Crippen LogP contribution in [0.3, 0.4) is 0 Å². The number of carbonyl (C=O) groups is 2. The SMILES string of the molecule is CCC(C)NC(=O)C(CC)N(Cc1cccc(OC)c1)C(=O)CN(c1cc(C)ccc1C)S(=O)(=O)N(C)C. The third kappa shape index (κ3) is 7.70. The number of benzene rings is 2. The van der Waals surface area contributed by atoms with Crippen molar-refractivity contribution in [2.75, 3.05) is 32.1 Å². The van der Waals surface area contributed by atoms with Gasteiger partial charge >= 0.3 is 10.2 Å². The number of nitrogens with one attached hydrogen (secondary N) is 1. The average molecular weight is 547 g/mol. The van der Waals surface area contributed by atoms with Crippen molar-refractivity contribution < 1.29 is 22.7 Å². The second-order valence-electron chi connectivity index (χ2n) is 9.70. The molecule has 0 aliphatic carbocycles. The number of hydrogen-bond donors (Lipinski definition) is 1. The molecule has 0 radical (unpaired) electrons. The van der Waals surface area contributed by atoms with Gasteiger partial charge in [0.1, 0.15) is 18.3 Å². The zero-order valence-electron chi connectivity index (χ0n) is 23.8. The first kappa shape index (κ1) is 31.1. The van der Waals surface area contributed by atoms with Crippen molar-refractivity contribution in [2.24, 2.45) is 0 Å². The fourth-order valence-electron chi connectivity index (χ4n) is 4.02. The van der Waals surface area contributed by atoms with Crippen LogP contribution in [0.4, 0.5) is 5.69 Å². The molecule has 2 unspecified atom stereocenters. The largest absolute Gasteiger partial charge is 0.497 e. The van der Waals surface area contributed by atoms with E-state index in [-0.39, 0.29) is 18.5 Å². The number of anilines is 1. The first-order chi connectivity index (χ1) is 17.8. The van der Waals surface area contributed by atoms with Crippen molar-refractivity contribution in [2.45, 2.75) is 66.1 Å². The van der Waals surface area contributed by atoms with Crippen LogP contribution in [0.2, 0.25) is 0 Å². The molecule has 2 aromatic rings. The Bertz CT molecular complexity index is 1220. The number of nitrogens with zero attached hydrogens (tertiary/aromatic N) is 3. The number of amides is 2. The molecule has 0 bridgehead atoms. The zero-order valence-corrected chi connectivity index (χ0v) is 24.6. The van der Waals surface area contributed by atoms with Gasteiger partial charge in [-0.2, -0.15) is 12.7 Å². The highest BCUT2D eigenvalue weighted by Crippen LogP contribution is 2.26. The summed E-state index contributed by atoms with van der Waals surface area (Å²) in [7, 11) is 0.402. The van der Waals surface area contributed by atoms with Gasteiger partial charge < -0.3 is 15.0 Å². The molecule has 210 valence electrons. The van der Waals surface area contributed by atoms with Gasteiger partial charge in [-0.1, -0.05) is 38.1 Å². The molecule has 1 N–H and O–H groups in total. The van der Waals surface area contributed by atoms with E-state index in [2.05, 4.69) is 5.32 Å². The summed E-state index contributed by atoms with van der Waals surface area (Å²) in [6.45, 7) is 9.05. The predicted octanol–water partition coefficient (Wildman–Crippen LogP) is 3.65. The molecule has 0 aliphatic rings. The molecular weight excluding hydrogens is 504 g/mol. The van der Waals surface area contributed by atoms with Gasteiger partial charge in [0.15, 0.2) is 0 Å². The van der Waals surface area contributed by atoms with Gasteiger partial charge in [-0.3, -0.25) is 9.59 Å². The molecule has 0 saturated heterocycles. The van der Waals surface area contributed by atoms with E-state index >= 15 is 0 Å². The summed E-state index contributed by atoms with van der Waals surface area (Å²) >= 11 is 0. The Kier molecular flexibility index (Phi) is 11.1. The Balaban J connectivity index is 2.57. The lowest BCUT2D eigenvalue weighted by atomic mass is 10.1.